The molecular weight excluding hydrogens is 371 g/mol. The van der Waals surface area contributed by atoms with Crippen molar-refractivity contribution in [3.05, 3.63) is 87.3 Å². The van der Waals surface area contributed by atoms with Crippen LogP contribution in [-0.2, 0) is 6.18 Å². The summed E-state index contributed by atoms with van der Waals surface area (Å²) in [6.07, 6.45) is -4.61. The highest BCUT2D eigenvalue weighted by Gasteiger charge is 2.34. The van der Waals surface area contributed by atoms with Gasteiger partial charge in [0.1, 0.15) is 0 Å². The first-order valence-electron chi connectivity index (χ1n) is 8.32. The van der Waals surface area contributed by atoms with Crippen molar-refractivity contribution in [2.24, 2.45) is 0 Å². The summed E-state index contributed by atoms with van der Waals surface area (Å²) in [5.74, 6) is -0.797. The van der Waals surface area contributed by atoms with Crippen molar-refractivity contribution in [3.63, 3.8) is 0 Å². The van der Waals surface area contributed by atoms with Gasteiger partial charge in [-0.15, -0.1) is 0 Å². The zero-order chi connectivity index (χ0) is 20.5. The Morgan fingerprint density at radius 1 is 1.04 bits per heavy atom. The van der Waals surface area contributed by atoms with Crippen LogP contribution in [-0.4, -0.2) is 15.7 Å². The molecule has 0 atom stereocenters. The number of nitrogens with one attached hydrogen (secondary N) is 1. The van der Waals surface area contributed by atoms with Crippen LogP contribution in [0.4, 0.5) is 18.9 Å². The number of aromatic nitrogens is 2. The maximum absolute atomic E-state index is 13.3. The van der Waals surface area contributed by atoms with Gasteiger partial charge in [-0.25, -0.2) is 4.68 Å². The number of aryl methyl sites for hydroxylation is 2. The van der Waals surface area contributed by atoms with Crippen LogP contribution < -0.4 is 10.7 Å². The van der Waals surface area contributed by atoms with Crippen molar-refractivity contribution in [2.75, 3.05) is 5.32 Å². The van der Waals surface area contributed by atoms with Crippen LogP contribution in [0.15, 0.2) is 59.4 Å². The van der Waals surface area contributed by atoms with E-state index in [4.69, 9.17) is 0 Å². The van der Waals surface area contributed by atoms with E-state index in [0.717, 1.165) is 22.4 Å². The fourth-order valence-corrected chi connectivity index (χ4v) is 2.76. The van der Waals surface area contributed by atoms with E-state index >= 15 is 0 Å². The third-order valence-electron chi connectivity index (χ3n) is 4.04. The highest BCUT2D eigenvalue weighted by Crippen LogP contribution is 2.33. The van der Waals surface area contributed by atoms with Gasteiger partial charge < -0.3 is 5.32 Å². The molecule has 8 heteroatoms. The number of benzene rings is 2. The van der Waals surface area contributed by atoms with Crippen molar-refractivity contribution in [1.29, 1.82) is 0 Å². The zero-order valence-electron chi connectivity index (χ0n) is 15.0. The van der Waals surface area contributed by atoms with Crippen molar-refractivity contribution in [1.82, 2.24) is 9.78 Å². The molecule has 0 saturated carbocycles. The Morgan fingerprint density at radius 3 is 2.43 bits per heavy atom. The van der Waals surface area contributed by atoms with Gasteiger partial charge >= 0.3 is 6.18 Å². The molecule has 28 heavy (non-hydrogen) atoms. The number of nitrogens with zero attached hydrogens (tertiary/aromatic N) is 2. The number of para-hydroxylation sites is 1. The molecule has 0 unspecified atom stereocenters. The first-order chi connectivity index (χ1) is 13.2. The third-order valence-corrected chi connectivity index (χ3v) is 4.04. The highest BCUT2D eigenvalue weighted by molar-refractivity contribution is 6.02. The number of carbonyl (C=O) groups is 1. The molecule has 0 bridgehead atoms. The van der Waals surface area contributed by atoms with Gasteiger partial charge in [-0.3, -0.25) is 9.59 Å². The number of hydrogen-bond donors (Lipinski definition) is 1. The molecule has 0 fully saturated rings. The van der Waals surface area contributed by atoms with Gasteiger partial charge in [0.2, 0.25) is 5.43 Å². The molecule has 1 aromatic heterocycles. The number of amides is 1. The van der Waals surface area contributed by atoms with Crippen molar-refractivity contribution in [3.8, 4) is 5.69 Å². The molecule has 3 aromatic rings. The molecule has 3 rings (SSSR count). The number of carbonyl (C=O) groups excluding carboxylic acids is 1. The topological polar surface area (TPSA) is 64.0 Å². The Kier molecular flexibility index (Phi) is 5.04. The van der Waals surface area contributed by atoms with E-state index < -0.39 is 28.8 Å². The maximum atomic E-state index is 13.3. The molecule has 1 amide bonds. The van der Waals surface area contributed by atoms with E-state index in [2.05, 4.69) is 10.4 Å². The zero-order valence-corrected chi connectivity index (χ0v) is 15.0. The van der Waals surface area contributed by atoms with Gasteiger partial charge in [0, 0.05) is 17.4 Å². The standard InChI is InChI=1S/C20H16F3N3O2/c1-12-6-5-7-14(10-12)24-19(28)18-17(27)11-13(2)26(25-18)16-9-4-3-8-15(16)20(21,22)23/h3-11H,1-2H3,(H,24,28). The van der Waals surface area contributed by atoms with Crippen molar-refractivity contribution in [2.45, 2.75) is 20.0 Å². The van der Waals surface area contributed by atoms with E-state index in [1.54, 1.807) is 18.2 Å². The predicted octanol–water partition coefficient (Wildman–Crippen LogP) is 4.12. The van der Waals surface area contributed by atoms with Gasteiger partial charge in [0.15, 0.2) is 5.69 Å². The normalized spacial score (nSPS) is 11.3. The predicted molar refractivity (Wildman–Crippen MR) is 98.7 cm³/mol. The van der Waals surface area contributed by atoms with Crippen LogP contribution in [0.3, 0.4) is 0 Å². The first kappa shape index (κ1) is 19.3. The number of hydrogen-bond acceptors (Lipinski definition) is 3. The monoisotopic (exact) mass is 387 g/mol. The molecule has 0 aliphatic heterocycles. The Morgan fingerprint density at radius 2 is 1.75 bits per heavy atom. The van der Waals surface area contributed by atoms with Gasteiger partial charge in [-0.1, -0.05) is 24.3 Å². The Labute approximate surface area is 158 Å². The lowest BCUT2D eigenvalue weighted by atomic mass is 10.1. The summed E-state index contributed by atoms with van der Waals surface area (Å²) in [6.45, 7) is 3.28. The summed E-state index contributed by atoms with van der Waals surface area (Å²) >= 11 is 0. The lowest BCUT2D eigenvalue weighted by molar-refractivity contribution is -0.137. The lowest BCUT2D eigenvalue weighted by Gasteiger charge is -2.16. The largest absolute Gasteiger partial charge is 0.418 e. The molecule has 1 heterocycles. The fraction of sp³-hybridized carbons (Fsp3) is 0.150. The minimum atomic E-state index is -4.61. The molecule has 0 spiro atoms. The molecule has 2 aromatic carbocycles. The third kappa shape index (κ3) is 3.95. The minimum Gasteiger partial charge on any atom is -0.320 e. The highest BCUT2D eigenvalue weighted by atomic mass is 19.4. The molecule has 144 valence electrons. The second kappa shape index (κ2) is 7.30. The quantitative estimate of drug-likeness (QED) is 0.735. The number of alkyl halides is 3. The van der Waals surface area contributed by atoms with Crippen LogP contribution in [0.2, 0.25) is 0 Å². The molecule has 0 saturated heterocycles. The SMILES string of the molecule is Cc1cccc(NC(=O)c2nn(-c3ccccc3C(F)(F)F)c(C)cc2=O)c1. The summed E-state index contributed by atoms with van der Waals surface area (Å²) < 4.78 is 41.0. The van der Waals surface area contributed by atoms with E-state index in [0.29, 0.717) is 5.69 Å². The average molecular weight is 387 g/mol. The first-order valence-corrected chi connectivity index (χ1v) is 8.32. The summed E-state index contributed by atoms with van der Waals surface area (Å²) in [4.78, 5) is 24.8. The van der Waals surface area contributed by atoms with Crippen molar-refractivity contribution >= 4 is 11.6 Å². The summed E-state index contributed by atoms with van der Waals surface area (Å²) in [5.41, 5.74) is -0.835. The Hall–Kier alpha value is -3.42. The summed E-state index contributed by atoms with van der Waals surface area (Å²) in [5, 5.41) is 6.47. The Balaban J connectivity index is 2.08. The molecular formula is C20H16F3N3O2. The van der Waals surface area contributed by atoms with Gasteiger partial charge in [0.25, 0.3) is 5.91 Å². The van der Waals surface area contributed by atoms with E-state index in [1.807, 2.05) is 13.0 Å². The summed E-state index contributed by atoms with van der Waals surface area (Å²) in [6, 6.07) is 12.8. The molecule has 1 N–H and O–H groups in total. The van der Waals surface area contributed by atoms with Gasteiger partial charge in [-0.2, -0.15) is 18.3 Å². The number of halogens is 3. The molecule has 5 nitrogen and oxygen atoms in total. The van der Waals surface area contributed by atoms with Crippen LogP contribution in [0.25, 0.3) is 5.69 Å². The summed E-state index contributed by atoms with van der Waals surface area (Å²) in [7, 11) is 0. The number of rotatable bonds is 3. The Bertz CT molecular complexity index is 1100. The second-order valence-electron chi connectivity index (χ2n) is 6.25. The van der Waals surface area contributed by atoms with E-state index in [9.17, 15) is 22.8 Å². The van der Waals surface area contributed by atoms with Gasteiger partial charge in [-0.05, 0) is 43.7 Å². The molecule has 0 aliphatic rings. The van der Waals surface area contributed by atoms with Crippen LogP contribution in [0, 0.1) is 13.8 Å². The van der Waals surface area contributed by atoms with Gasteiger partial charge in [0.05, 0.1) is 11.3 Å². The lowest BCUT2D eigenvalue weighted by Crippen LogP contribution is -2.27. The van der Waals surface area contributed by atoms with Crippen LogP contribution in [0.1, 0.15) is 27.3 Å². The number of anilines is 1. The van der Waals surface area contributed by atoms with E-state index in [1.165, 1.54) is 25.1 Å². The fourth-order valence-electron chi connectivity index (χ4n) is 2.76. The average Bonchev–Trinajstić information content (AvgIpc) is 2.61. The molecule has 0 aliphatic carbocycles. The maximum Gasteiger partial charge on any atom is 0.418 e. The van der Waals surface area contributed by atoms with E-state index in [-0.39, 0.29) is 11.4 Å². The molecule has 0 radical (unpaired) electrons. The van der Waals surface area contributed by atoms with Crippen LogP contribution in [0.5, 0.6) is 0 Å². The minimum absolute atomic E-state index is 0.175. The second-order valence-corrected chi connectivity index (χ2v) is 6.25. The van der Waals surface area contributed by atoms with Crippen LogP contribution >= 0.6 is 0 Å². The smallest absolute Gasteiger partial charge is 0.320 e. The van der Waals surface area contributed by atoms with Crippen molar-refractivity contribution < 1.29 is 18.0 Å².